The van der Waals surface area contributed by atoms with Gasteiger partial charge >= 0.3 is 154 Å². The van der Waals surface area contributed by atoms with Crippen LogP contribution in [0.2, 0.25) is 0 Å². The topological polar surface area (TPSA) is 18.5 Å². The van der Waals surface area contributed by atoms with Gasteiger partial charge in [-0.2, -0.15) is 0 Å². The van der Waals surface area contributed by atoms with Gasteiger partial charge in [0.2, 0.25) is 0 Å². The summed E-state index contributed by atoms with van der Waals surface area (Å²) >= 11 is 7.19. The first-order valence-electron chi connectivity index (χ1n) is 6.38. The molecule has 0 radical (unpaired) electrons. The molecule has 1 heterocycles. The van der Waals surface area contributed by atoms with Gasteiger partial charge in [-0.1, -0.05) is 0 Å². The predicted octanol–water partition coefficient (Wildman–Crippen LogP) is 1.94. The average molecular weight is 592 g/mol. The fourth-order valence-corrected chi connectivity index (χ4v) is 177. The molecule has 1 aliphatic rings. The van der Waals surface area contributed by atoms with Crippen LogP contribution >= 0.6 is 10.6 Å². The molecule has 116 valence electrons. The number of hydrogen-bond donors (Lipinski definition) is 0. The van der Waals surface area contributed by atoms with Crippen LogP contribution < -0.4 is 20.1 Å². The summed E-state index contributed by atoms with van der Waals surface area (Å²) in [6.45, 7) is 0. The summed E-state index contributed by atoms with van der Waals surface area (Å²) in [5, 5.41) is 3.25. The van der Waals surface area contributed by atoms with Crippen molar-refractivity contribution < 1.29 is 9.47 Å². The van der Waals surface area contributed by atoms with Gasteiger partial charge in [0, 0.05) is 0 Å². The molecule has 0 saturated carbocycles. The zero-order chi connectivity index (χ0) is 15.7. The van der Waals surface area contributed by atoms with Crippen molar-refractivity contribution in [2.24, 2.45) is 0 Å². The van der Waals surface area contributed by atoms with Crippen molar-refractivity contribution in [1.82, 2.24) is 0 Å². The summed E-state index contributed by atoms with van der Waals surface area (Å²) < 4.78 is 10.5. The van der Waals surface area contributed by atoms with E-state index in [2.05, 4.69) is 75.8 Å². The van der Waals surface area contributed by atoms with Crippen LogP contribution in [0.4, 0.5) is 0 Å². The van der Waals surface area contributed by atoms with Crippen molar-refractivity contribution in [3.63, 3.8) is 0 Å². The summed E-state index contributed by atoms with van der Waals surface area (Å²) in [6.07, 6.45) is 0. The van der Waals surface area contributed by atoms with E-state index in [0.29, 0.717) is 0 Å². The van der Waals surface area contributed by atoms with Gasteiger partial charge in [-0.3, -0.25) is 0 Å². The average Bonchev–Trinajstić information content (AvgIpc) is 2.56. The van der Waals surface area contributed by atoms with Crippen molar-refractivity contribution >= 4 is 69.8 Å². The second-order valence-corrected chi connectivity index (χ2v) is 54.0. The Kier molecular flexibility index (Phi) is 6.39. The molecule has 0 atom stereocenters. The zero-order valence-electron chi connectivity index (χ0n) is 12.0. The van der Waals surface area contributed by atoms with Gasteiger partial charge in [0.25, 0.3) is 0 Å². The molecule has 2 nitrogen and oxygen atoms in total. The molecule has 22 heavy (non-hydrogen) atoms. The van der Waals surface area contributed by atoms with E-state index in [4.69, 9.17) is 9.47 Å². The van der Waals surface area contributed by atoms with Crippen LogP contribution in [0.25, 0.3) is 0 Å². The fourth-order valence-electron chi connectivity index (χ4n) is 1.99. The van der Waals surface area contributed by atoms with Crippen LogP contribution in [0, 0.1) is 0 Å². The molecule has 1 saturated heterocycles. The second kappa shape index (κ2) is 7.91. The van der Waals surface area contributed by atoms with E-state index in [1.165, 1.54) is 0 Å². The standard InChI is InChI=1S/C14H14O2P2Se4/c1-15-11-3-7-13(8-4-11)17-21(19)18(22(17)20)14-9-5-12(16-2)6-10-14/h3-10H,1-2H3. The third-order valence-corrected chi connectivity index (χ3v) is 113. The van der Waals surface area contributed by atoms with Crippen LogP contribution in [0.1, 0.15) is 0 Å². The predicted molar refractivity (Wildman–Crippen MR) is 102 cm³/mol. The molecule has 8 heteroatoms. The molecular formula is C14H14O2P2Se4. The molecule has 0 N–H and O–H groups in total. The van der Waals surface area contributed by atoms with E-state index in [0.717, 1.165) is 11.5 Å². The Balaban J connectivity index is 1.81. The molecule has 1 fully saturated rings. The number of methoxy groups -OCH3 is 2. The van der Waals surface area contributed by atoms with Gasteiger partial charge in [-0.15, -0.1) is 0 Å². The van der Waals surface area contributed by atoms with Gasteiger partial charge in [-0.25, -0.2) is 0 Å². The number of hydrogen-bond acceptors (Lipinski definition) is 2. The fraction of sp³-hybridized carbons (Fsp3) is 0.143. The summed E-state index contributed by atoms with van der Waals surface area (Å²) in [5.74, 6) is 1.90. The van der Waals surface area contributed by atoms with Crippen LogP contribution in [-0.4, -0.2) is 62.8 Å². The minimum absolute atomic E-state index is 0.0740. The third-order valence-electron chi connectivity index (χ3n) is 3.13. The van der Waals surface area contributed by atoms with E-state index >= 15 is 0 Å². The Labute approximate surface area is 152 Å². The number of ether oxygens (including phenoxy) is 2. The second-order valence-electron chi connectivity index (χ2n) is 4.37. The molecule has 0 aliphatic carbocycles. The van der Waals surface area contributed by atoms with E-state index < -0.39 is 21.3 Å². The molecule has 0 aromatic heterocycles. The quantitative estimate of drug-likeness (QED) is 0.400. The Bertz CT molecular complexity index is 643. The van der Waals surface area contributed by atoms with Crippen LogP contribution in [0.3, 0.4) is 0 Å². The monoisotopic (exact) mass is 596 g/mol. The van der Waals surface area contributed by atoms with Gasteiger partial charge in [0.15, 0.2) is 0 Å². The van der Waals surface area contributed by atoms with Gasteiger partial charge in [-0.05, 0) is 0 Å². The van der Waals surface area contributed by atoms with Gasteiger partial charge in [0.1, 0.15) is 0 Å². The Hall–Kier alpha value is 0.978. The van der Waals surface area contributed by atoms with Gasteiger partial charge < -0.3 is 0 Å². The molecule has 0 spiro atoms. The van der Waals surface area contributed by atoms with Crippen molar-refractivity contribution in [3.05, 3.63) is 48.5 Å². The SMILES string of the molecule is COc1ccc(P2[Se](=[Se])P(c3ccc(OC)cc3)[Se]2=[Se])cc1. The molecule has 2 aromatic carbocycles. The van der Waals surface area contributed by atoms with Crippen molar-refractivity contribution in [2.75, 3.05) is 14.2 Å². The molecule has 1 aliphatic heterocycles. The Morgan fingerprint density at radius 1 is 0.682 bits per heavy atom. The Morgan fingerprint density at radius 2 is 1.00 bits per heavy atom. The molecular weight excluding hydrogens is 578 g/mol. The van der Waals surface area contributed by atoms with Crippen molar-refractivity contribution in [2.45, 2.75) is 0 Å². The van der Waals surface area contributed by atoms with E-state index in [-0.39, 0.29) is 10.6 Å². The van der Waals surface area contributed by atoms with E-state index in [1.54, 1.807) is 24.8 Å². The maximum atomic E-state index is 5.27. The molecule has 0 bridgehead atoms. The van der Waals surface area contributed by atoms with Crippen LogP contribution in [-0.2, 0) is 0 Å². The van der Waals surface area contributed by atoms with Crippen molar-refractivity contribution in [1.29, 1.82) is 0 Å². The minimum atomic E-state index is -0.663. The first kappa shape index (κ1) is 17.8. The normalized spacial score (nSPS) is 27.0. The number of benzene rings is 2. The summed E-state index contributed by atoms with van der Waals surface area (Å²) in [7, 11) is 2.12. The third kappa shape index (κ3) is 3.49. The Morgan fingerprint density at radius 3 is 1.27 bits per heavy atom. The van der Waals surface area contributed by atoms with Crippen molar-refractivity contribution in [3.8, 4) is 11.5 Å². The first-order chi connectivity index (χ1) is 10.7. The maximum absolute atomic E-state index is 5.27. The molecule has 0 unspecified atom stereocenters. The summed E-state index contributed by atoms with van der Waals surface area (Å²) in [6, 6.07) is 17.5. The summed E-state index contributed by atoms with van der Waals surface area (Å²) in [4.78, 5) is 0. The van der Waals surface area contributed by atoms with Crippen LogP contribution in [0.15, 0.2) is 48.5 Å². The first-order valence-corrected chi connectivity index (χ1v) is 26.6. The zero-order valence-corrected chi connectivity index (χ0v) is 20.6. The van der Waals surface area contributed by atoms with E-state index in [1.807, 2.05) is 0 Å². The molecule has 3 rings (SSSR count). The van der Waals surface area contributed by atoms with Gasteiger partial charge in [0.05, 0.1) is 0 Å². The molecule has 0 amide bonds. The molecule has 2 aromatic rings. The van der Waals surface area contributed by atoms with E-state index in [9.17, 15) is 0 Å². The number of rotatable bonds is 4. The van der Waals surface area contributed by atoms with Crippen LogP contribution in [0.5, 0.6) is 11.5 Å². The summed E-state index contributed by atoms with van der Waals surface area (Å²) in [5.41, 5.74) is 0.